The van der Waals surface area contributed by atoms with Crippen LogP contribution in [0.5, 0.6) is 11.5 Å². The molecule has 0 amide bonds. The van der Waals surface area contributed by atoms with E-state index in [1.165, 1.54) is 0 Å². The lowest BCUT2D eigenvalue weighted by Gasteiger charge is -2.10. The van der Waals surface area contributed by atoms with Crippen LogP contribution >= 0.6 is 0 Å². The Morgan fingerprint density at radius 3 is 2.63 bits per heavy atom. The minimum Gasteiger partial charge on any atom is -0.493 e. The van der Waals surface area contributed by atoms with Crippen LogP contribution in [0, 0.1) is 13.8 Å². The molecule has 3 aromatic carbocycles. The second kappa shape index (κ2) is 7.16. The van der Waals surface area contributed by atoms with Crippen molar-refractivity contribution in [1.29, 1.82) is 0 Å². The quantitative estimate of drug-likeness (QED) is 0.344. The lowest BCUT2D eigenvalue weighted by Crippen LogP contribution is -2.12. The number of carbonyl (C=O) groups is 1. The van der Waals surface area contributed by atoms with Gasteiger partial charge in [0.15, 0.2) is 0 Å². The molecule has 0 saturated carbocycles. The molecular formula is C23H20O4. The number of benzene rings is 3. The fourth-order valence-electron chi connectivity index (χ4n) is 3.06. The van der Waals surface area contributed by atoms with E-state index >= 15 is 0 Å². The van der Waals surface area contributed by atoms with Gasteiger partial charge in [-0.15, -0.1) is 0 Å². The third kappa shape index (κ3) is 3.65. The Balaban J connectivity index is 1.42. The summed E-state index contributed by atoms with van der Waals surface area (Å²) in [6.07, 6.45) is 0.178. The Hall–Kier alpha value is -3.27. The van der Waals surface area contributed by atoms with Crippen LogP contribution in [-0.2, 0) is 4.79 Å². The van der Waals surface area contributed by atoms with Gasteiger partial charge in [0.05, 0.1) is 13.0 Å². The van der Waals surface area contributed by atoms with Crippen molar-refractivity contribution in [2.24, 2.45) is 0 Å². The Morgan fingerprint density at radius 1 is 0.926 bits per heavy atom. The van der Waals surface area contributed by atoms with Gasteiger partial charge in [0.25, 0.3) is 0 Å². The summed E-state index contributed by atoms with van der Waals surface area (Å²) in [6.45, 7) is 4.27. The molecule has 0 unspecified atom stereocenters. The van der Waals surface area contributed by atoms with Crippen molar-refractivity contribution in [3.05, 3.63) is 71.8 Å². The zero-order chi connectivity index (χ0) is 18.8. The van der Waals surface area contributed by atoms with Crippen LogP contribution in [0.3, 0.4) is 0 Å². The number of hydrogen-bond donors (Lipinski definition) is 0. The molecule has 4 rings (SSSR count). The highest BCUT2D eigenvalue weighted by molar-refractivity contribution is 6.05. The van der Waals surface area contributed by atoms with Crippen molar-refractivity contribution < 1.29 is 18.7 Å². The lowest BCUT2D eigenvalue weighted by atomic mass is 10.1. The van der Waals surface area contributed by atoms with Crippen LogP contribution in [0.25, 0.3) is 21.9 Å². The number of esters is 1. The summed E-state index contributed by atoms with van der Waals surface area (Å²) >= 11 is 0. The fraction of sp³-hybridized carbons (Fsp3) is 0.174. The first kappa shape index (κ1) is 17.2. The van der Waals surface area contributed by atoms with E-state index in [2.05, 4.69) is 0 Å². The van der Waals surface area contributed by atoms with E-state index < -0.39 is 0 Å². The average molecular weight is 360 g/mol. The van der Waals surface area contributed by atoms with Crippen molar-refractivity contribution >= 4 is 27.9 Å². The predicted octanol–water partition coefficient (Wildman–Crippen LogP) is 5.58. The normalized spacial score (nSPS) is 11.0. The predicted molar refractivity (Wildman–Crippen MR) is 105 cm³/mol. The molecule has 0 spiro atoms. The molecule has 0 saturated heterocycles. The first-order valence-corrected chi connectivity index (χ1v) is 8.92. The molecule has 0 aliphatic carbocycles. The van der Waals surface area contributed by atoms with Gasteiger partial charge in [0, 0.05) is 10.8 Å². The Labute approximate surface area is 157 Å². The van der Waals surface area contributed by atoms with Crippen LogP contribution in [0.1, 0.15) is 17.5 Å². The highest BCUT2D eigenvalue weighted by Gasteiger charge is 2.11. The molecular weight excluding hydrogens is 340 g/mol. The third-order valence-corrected chi connectivity index (χ3v) is 4.49. The van der Waals surface area contributed by atoms with E-state index in [-0.39, 0.29) is 19.0 Å². The summed E-state index contributed by atoms with van der Waals surface area (Å²) < 4.78 is 17.0. The van der Waals surface area contributed by atoms with Gasteiger partial charge in [-0.2, -0.15) is 0 Å². The number of ether oxygens (including phenoxy) is 2. The molecule has 0 aliphatic rings. The summed E-state index contributed by atoms with van der Waals surface area (Å²) in [5.74, 6) is 0.979. The third-order valence-electron chi connectivity index (χ3n) is 4.49. The Kier molecular flexibility index (Phi) is 4.55. The van der Waals surface area contributed by atoms with Gasteiger partial charge >= 0.3 is 5.97 Å². The van der Waals surface area contributed by atoms with Crippen LogP contribution in [0.15, 0.2) is 65.1 Å². The molecule has 0 atom stereocenters. The van der Waals surface area contributed by atoms with Gasteiger partial charge in [-0.1, -0.05) is 30.3 Å². The molecule has 0 fully saturated rings. The van der Waals surface area contributed by atoms with E-state index in [4.69, 9.17) is 13.9 Å². The van der Waals surface area contributed by atoms with Gasteiger partial charge in [-0.05, 0) is 55.3 Å². The maximum absolute atomic E-state index is 12.2. The van der Waals surface area contributed by atoms with Gasteiger partial charge in [-0.3, -0.25) is 4.79 Å². The number of fused-ring (bicyclic) bond motifs is 3. The van der Waals surface area contributed by atoms with E-state index in [0.717, 1.165) is 38.8 Å². The summed E-state index contributed by atoms with van der Waals surface area (Å²) in [5, 5.41) is 1.94. The summed E-state index contributed by atoms with van der Waals surface area (Å²) in [7, 11) is 0. The molecule has 136 valence electrons. The smallest absolute Gasteiger partial charge is 0.314 e. The zero-order valence-corrected chi connectivity index (χ0v) is 15.3. The minimum absolute atomic E-state index is 0.178. The maximum Gasteiger partial charge on any atom is 0.314 e. The van der Waals surface area contributed by atoms with Crippen molar-refractivity contribution in [3.63, 3.8) is 0 Å². The summed E-state index contributed by atoms with van der Waals surface area (Å²) in [4.78, 5) is 12.2. The number of aryl methyl sites for hydroxylation is 2. The number of furan rings is 1. The van der Waals surface area contributed by atoms with E-state index in [1.807, 2.05) is 68.4 Å². The van der Waals surface area contributed by atoms with Gasteiger partial charge < -0.3 is 13.9 Å². The SMILES string of the molecule is Cc1ccc(C)c(OCCC(=O)Oc2ccc3oc4ccccc4c3c2)c1. The van der Waals surface area contributed by atoms with E-state index in [0.29, 0.717) is 5.75 Å². The molecule has 4 heteroatoms. The van der Waals surface area contributed by atoms with Crippen LogP contribution in [0.4, 0.5) is 0 Å². The molecule has 1 aromatic heterocycles. The van der Waals surface area contributed by atoms with Gasteiger partial charge in [-0.25, -0.2) is 0 Å². The highest BCUT2D eigenvalue weighted by Crippen LogP contribution is 2.31. The zero-order valence-electron chi connectivity index (χ0n) is 15.3. The second-order valence-electron chi connectivity index (χ2n) is 6.60. The molecule has 0 bridgehead atoms. The van der Waals surface area contributed by atoms with Crippen molar-refractivity contribution in [2.75, 3.05) is 6.61 Å². The van der Waals surface area contributed by atoms with Crippen LogP contribution in [0.2, 0.25) is 0 Å². The van der Waals surface area contributed by atoms with Crippen molar-refractivity contribution in [1.82, 2.24) is 0 Å². The maximum atomic E-state index is 12.2. The average Bonchev–Trinajstić information content (AvgIpc) is 3.02. The minimum atomic E-state index is -0.326. The topological polar surface area (TPSA) is 48.7 Å². The standard InChI is InChI=1S/C23H20O4/c1-15-7-8-16(2)22(13-15)25-12-11-23(24)26-17-9-10-21-19(14-17)18-5-3-4-6-20(18)27-21/h3-10,13-14H,11-12H2,1-2H3. The molecule has 1 heterocycles. The number of rotatable bonds is 5. The molecule has 0 radical (unpaired) electrons. The first-order valence-electron chi connectivity index (χ1n) is 8.92. The van der Waals surface area contributed by atoms with Crippen LogP contribution in [-0.4, -0.2) is 12.6 Å². The number of carbonyl (C=O) groups excluding carboxylic acids is 1. The Bertz CT molecular complexity index is 1120. The van der Waals surface area contributed by atoms with Crippen LogP contribution < -0.4 is 9.47 Å². The largest absolute Gasteiger partial charge is 0.493 e. The Morgan fingerprint density at radius 2 is 1.74 bits per heavy atom. The van der Waals surface area contributed by atoms with Crippen molar-refractivity contribution in [3.8, 4) is 11.5 Å². The number of hydrogen-bond acceptors (Lipinski definition) is 4. The molecule has 0 N–H and O–H groups in total. The fourth-order valence-corrected chi connectivity index (χ4v) is 3.06. The van der Waals surface area contributed by atoms with E-state index in [9.17, 15) is 4.79 Å². The molecule has 4 aromatic rings. The summed E-state index contributed by atoms with van der Waals surface area (Å²) in [6, 6.07) is 19.2. The van der Waals surface area contributed by atoms with Crippen molar-refractivity contribution in [2.45, 2.75) is 20.3 Å². The first-order chi connectivity index (χ1) is 13.1. The molecule has 4 nitrogen and oxygen atoms in total. The molecule has 0 aliphatic heterocycles. The van der Waals surface area contributed by atoms with E-state index in [1.54, 1.807) is 6.07 Å². The van der Waals surface area contributed by atoms with Gasteiger partial charge in [0.1, 0.15) is 22.7 Å². The highest BCUT2D eigenvalue weighted by atomic mass is 16.5. The monoisotopic (exact) mass is 360 g/mol. The second-order valence-corrected chi connectivity index (χ2v) is 6.60. The number of para-hydroxylation sites is 1. The molecule has 27 heavy (non-hydrogen) atoms. The summed E-state index contributed by atoms with van der Waals surface area (Å²) in [5.41, 5.74) is 3.76. The van der Waals surface area contributed by atoms with Gasteiger partial charge in [0.2, 0.25) is 0 Å². The lowest BCUT2D eigenvalue weighted by molar-refractivity contribution is -0.134.